The maximum absolute atomic E-state index is 11.6. The van der Waals surface area contributed by atoms with Crippen molar-refractivity contribution >= 4 is 11.9 Å². The molecule has 4 heteroatoms. The molecule has 0 unspecified atom stereocenters. The van der Waals surface area contributed by atoms with Crippen LogP contribution in [0.2, 0.25) is 0 Å². The first kappa shape index (κ1) is 14.0. The predicted molar refractivity (Wildman–Crippen MR) is 65.8 cm³/mol. The lowest BCUT2D eigenvalue weighted by molar-refractivity contribution is -0.120. The average Bonchev–Trinajstić information content (AvgIpc) is 2.63. The summed E-state index contributed by atoms with van der Waals surface area (Å²) in [7, 11) is 0. The average molecular weight is 241 g/mol. The first-order chi connectivity index (χ1) is 7.79. The molecule has 98 valence electrons. The number of alkyl carbamates (subject to hydrolysis) is 1. The normalized spacial score (nSPS) is 18.8. The summed E-state index contributed by atoms with van der Waals surface area (Å²) >= 11 is 0. The highest BCUT2D eigenvalue weighted by atomic mass is 16.6. The number of carbonyl (C=O) groups excluding carboxylic acids is 2. The molecule has 0 aromatic carbocycles. The minimum Gasteiger partial charge on any atom is -0.444 e. The van der Waals surface area contributed by atoms with Gasteiger partial charge in [0.1, 0.15) is 5.60 Å². The molecule has 1 atom stereocenters. The number of amides is 1. The molecule has 1 aliphatic carbocycles. The lowest BCUT2D eigenvalue weighted by Gasteiger charge is -2.25. The fourth-order valence-corrected chi connectivity index (χ4v) is 2.28. The van der Waals surface area contributed by atoms with Gasteiger partial charge >= 0.3 is 6.09 Å². The van der Waals surface area contributed by atoms with Crippen molar-refractivity contribution in [3.63, 3.8) is 0 Å². The molecule has 4 nitrogen and oxygen atoms in total. The summed E-state index contributed by atoms with van der Waals surface area (Å²) < 4.78 is 5.18. The first-order valence-electron chi connectivity index (χ1n) is 6.29. The molecule has 0 spiro atoms. The lowest BCUT2D eigenvalue weighted by atomic mass is 9.95. The second-order valence-corrected chi connectivity index (χ2v) is 5.78. The molecule has 1 amide bonds. The van der Waals surface area contributed by atoms with Gasteiger partial charge in [-0.15, -0.1) is 0 Å². The Balaban J connectivity index is 2.55. The largest absolute Gasteiger partial charge is 0.444 e. The molecule has 0 radical (unpaired) electrons. The van der Waals surface area contributed by atoms with Crippen molar-refractivity contribution in [2.75, 3.05) is 0 Å². The van der Waals surface area contributed by atoms with Crippen molar-refractivity contribution in [3.05, 3.63) is 0 Å². The monoisotopic (exact) mass is 241 g/mol. The van der Waals surface area contributed by atoms with E-state index in [1.807, 2.05) is 20.8 Å². The summed E-state index contributed by atoms with van der Waals surface area (Å²) in [5.74, 6) is 0.294. The van der Waals surface area contributed by atoms with Gasteiger partial charge in [-0.05, 0) is 46.5 Å². The van der Waals surface area contributed by atoms with Crippen LogP contribution in [0.4, 0.5) is 4.79 Å². The van der Waals surface area contributed by atoms with Crippen molar-refractivity contribution in [1.29, 1.82) is 0 Å². The molecule has 1 N–H and O–H groups in total. The summed E-state index contributed by atoms with van der Waals surface area (Å²) in [6.45, 7) is 6.96. The molecular weight excluding hydrogens is 218 g/mol. The molecule has 0 bridgehead atoms. The third-order valence-electron chi connectivity index (χ3n) is 2.98. The molecule has 0 aromatic heterocycles. The van der Waals surface area contributed by atoms with E-state index in [-0.39, 0.29) is 17.7 Å². The number of nitrogens with one attached hydrogen (secondary N) is 1. The maximum atomic E-state index is 11.6. The number of carbonyl (C=O) groups is 2. The molecule has 1 fully saturated rings. The van der Waals surface area contributed by atoms with E-state index in [0.717, 1.165) is 25.7 Å². The standard InChI is InChI=1S/C13H23NO3/c1-9(15)11(10-7-5-6-8-10)14-12(16)17-13(2,3)4/h10-11H,5-8H2,1-4H3,(H,14,16)/t11-/m1/s1. The number of hydrogen-bond donors (Lipinski definition) is 1. The Hall–Kier alpha value is -1.06. The third kappa shape index (κ3) is 4.75. The van der Waals surface area contributed by atoms with E-state index >= 15 is 0 Å². The van der Waals surface area contributed by atoms with Gasteiger partial charge in [0.05, 0.1) is 6.04 Å². The highest BCUT2D eigenvalue weighted by Crippen LogP contribution is 2.28. The number of ketones is 1. The summed E-state index contributed by atoms with van der Waals surface area (Å²) in [5, 5.41) is 2.70. The fourth-order valence-electron chi connectivity index (χ4n) is 2.28. The minimum atomic E-state index is -0.527. The number of Topliss-reactive ketones (excluding diaryl/α,β-unsaturated/α-hetero) is 1. The van der Waals surface area contributed by atoms with Crippen LogP contribution in [0.15, 0.2) is 0 Å². The van der Waals surface area contributed by atoms with Crippen molar-refractivity contribution in [2.45, 2.75) is 65.0 Å². The summed E-state index contributed by atoms with van der Waals surface area (Å²) in [6.07, 6.45) is 3.82. The summed E-state index contributed by atoms with van der Waals surface area (Å²) in [5.41, 5.74) is -0.527. The van der Waals surface area contributed by atoms with Crippen molar-refractivity contribution in [3.8, 4) is 0 Å². The van der Waals surface area contributed by atoms with Gasteiger partial charge in [-0.25, -0.2) is 4.79 Å². The zero-order valence-corrected chi connectivity index (χ0v) is 11.2. The van der Waals surface area contributed by atoms with Crippen molar-refractivity contribution < 1.29 is 14.3 Å². The van der Waals surface area contributed by atoms with Crippen LogP contribution < -0.4 is 5.32 Å². The van der Waals surface area contributed by atoms with E-state index in [1.54, 1.807) is 0 Å². The van der Waals surface area contributed by atoms with Crippen molar-refractivity contribution in [1.82, 2.24) is 5.32 Å². The highest BCUT2D eigenvalue weighted by molar-refractivity contribution is 5.85. The molecule has 1 saturated carbocycles. The zero-order chi connectivity index (χ0) is 13.1. The van der Waals surface area contributed by atoms with E-state index in [1.165, 1.54) is 6.92 Å². The van der Waals surface area contributed by atoms with E-state index < -0.39 is 11.7 Å². The Kier molecular flexibility index (Phi) is 4.54. The van der Waals surface area contributed by atoms with E-state index in [2.05, 4.69) is 5.32 Å². The molecule has 1 rings (SSSR count). The Bertz CT molecular complexity index is 288. The Morgan fingerprint density at radius 3 is 2.18 bits per heavy atom. The van der Waals surface area contributed by atoms with E-state index in [4.69, 9.17) is 4.74 Å². The van der Waals surface area contributed by atoms with Crippen LogP contribution in [0.5, 0.6) is 0 Å². The maximum Gasteiger partial charge on any atom is 0.408 e. The number of rotatable bonds is 3. The van der Waals surface area contributed by atoms with Crippen LogP contribution in [0, 0.1) is 5.92 Å². The van der Waals surface area contributed by atoms with Gasteiger partial charge in [0.2, 0.25) is 0 Å². The van der Waals surface area contributed by atoms with Gasteiger partial charge in [0.25, 0.3) is 0 Å². The second kappa shape index (κ2) is 5.52. The van der Waals surface area contributed by atoms with Gasteiger partial charge in [-0.3, -0.25) is 4.79 Å². The Labute approximate surface area is 103 Å². The highest BCUT2D eigenvalue weighted by Gasteiger charge is 2.30. The van der Waals surface area contributed by atoms with Gasteiger partial charge < -0.3 is 10.1 Å². The second-order valence-electron chi connectivity index (χ2n) is 5.78. The SMILES string of the molecule is CC(=O)[C@@H](NC(=O)OC(C)(C)C)C1CCCC1. The predicted octanol–water partition coefficient (Wildman–Crippen LogP) is 2.66. The zero-order valence-electron chi connectivity index (χ0n) is 11.2. The first-order valence-corrected chi connectivity index (χ1v) is 6.29. The molecule has 0 aromatic rings. The Morgan fingerprint density at radius 2 is 1.76 bits per heavy atom. The van der Waals surface area contributed by atoms with Crippen LogP contribution >= 0.6 is 0 Å². The van der Waals surface area contributed by atoms with Crippen LogP contribution in [0.1, 0.15) is 53.4 Å². The fraction of sp³-hybridized carbons (Fsp3) is 0.846. The van der Waals surface area contributed by atoms with E-state index in [9.17, 15) is 9.59 Å². The molecule has 1 aliphatic rings. The van der Waals surface area contributed by atoms with Gasteiger partial charge in [0, 0.05) is 0 Å². The van der Waals surface area contributed by atoms with Crippen molar-refractivity contribution in [2.24, 2.45) is 5.92 Å². The Morgan fingerprint density at radius 1 is 1.24 bits per heavy atom. The topological polar surface area (TPSA) is 55.4 Å². The number of ether oxygens (including phenoxy) is 1. The van der Waals surface area contributed by atoms with E-state index in [0.29, 0.717) is 0 Å². The minimum absolute atomic E-state index is 0.0164. The number of hydrogen-bond acceptors (Lipinski definition) is 3. The quantitative estimate of drug-likeness (QED) is 0.826. The summed E-state index contributed by atoms with van der Waals surface area (Å²) in [4.78, 5) is 23.2. The third-order valence-corrected chi connectivity index (χ3v) is 2.98. The molecule has 0 saturated heterocycles. The molecule has 0 aliphatic heterocycles. The van der Waals surface area contributed by atoms with Crippen LogP contribution in [-0.4, -0.2) is 23.5 Å². The summed E-state index contributed by atoms with van der Waals surface area (Å²) in [6, 6.07) is -0.382. The van der Waals surface area contributed by atoms with Crippen LogP contribution in [0.25, 0.3) is 0 Å². The smallest absolute Gasteiger partial charge is 0.408 e. The van der Waals surface area contributed by atoms with Crippen LogP contribution in [0.3, 0.4) is 0 Å². The molecule has 17 heavy (non-hydrogen) atoms. The lowest BCUT2D eigenvalue weighted by Crippen LogP contribution is -2.46. The molecular formula is C13H23NO3. The van der Waals surface area contributed by atoms with Gasteiger partial charge in [-0.2, -0.15) is 0 Å². The molecule has 0 heterocycles. The van der Waals surface area contributed by atoms with Crippen LogP contribution in [-0.2, 0) is 9.53 Å². The van der Waals surface area contributed by atoms with Gasteiger partial charge in [0.15, 0.2) is 5.78 Å². The van der Waals surface area contributed by atoms with Gasteiger partial charge in [-0.1, -0.05) is 12.8 Å².